The number of hydrogen-bond donors (Lipinski definition) is 1. The Bertz CT molecular complexity index is 1110. The molecular formula is C21H13N3OS. The number of anilines is 1. The van der Waals surface area contributed by atoms with E-state index in [1.807, 2.05) is 54.6 Å². The van der Waals surface area contributed by atoms with E-state index in [9.17, 15) is 4.79 Å². The lowest BCUT2D eigenvalue weighted by molar-refractivity contribution is 0.102. The quantitative estimate of drug-likeness (QED) is 0.557. The highest BCUT2D eigenvalue weighted by Gasteiger charge is 2.09. The fourth-order valence-electron chi connectivity index (χ4n) is 2.63. The number of hydrogen-bond acceptors (Lipinski definition) is 4. The van der Waals surface area contributed by atoms with Gasteiger partial charge in [-0.25, -0.2) is 4.98 Å². The monoisotopic (exact) mass is 355 g/mol. The molecule has 1 heterocycles. The molecule has 0 aliphatic heterocycles. The van der Waals surface area contributed by atoms with E-state index >= 15 is 0 Å². The standard InChI is InChI=1S/C21H13N3OS/c22-13-14-8-10-15(11-9-14)20(25)23-17-5-3-4-16(12-17)21-24-18-6-1-2-7-19(18)26-21/h1-12H,(H,23,25). The molecule has 1 amide bonds. The lowest BCUT2D eigenvalue weighted by Gasteiger charge is -2.06. The minimum atomic E-state index is -0.212. The molecule has 0 bridgehead atoms. The van der Waals surface area contributed by atoms with Gasteiger partial charge in [-0.2, -0.15) is 5.26 Å². The van der Waals surface area contributed by atoms with Crippen molar-refractivity contribution < 1.29 is 4.79 Å². The van der Waals surface area contributed by atoms with E-state index in [0.717, 1.165) is 20.8 Å². The molecule has 0 radical (unpaired) electrons. The van der Waals surface area contributed by atoms with E-state index in [0.29, 0.717) is 16.8 Å². The van der Waals surface area contributed by atoms with Crippen LogP contribution in [-0.4, -0.2) is 10.9 Å². The summed E-state index contributed by atoms with van der Waals surface area (Å²) in [5.74, 6) is -0.212. The first-order valence-corrected chi connectivity index (χ1v) is 8.82. The summed E-state index contributed by atoms with van der Waals surface area (Å²) in [5, 5.41) is 12.6. The summed E-state index contributed by atoms with van der Waals surface area (Å²) in [4.78, 5) is 17.1. The summed E-state index contributed by atoms with van der Waals surface area (Å²) < 4.78 is 1.13. The molecule has 0 spiro atoms. The third-order valence-electron chi connectivity index (χ3n) is 3.94. The van der Waals surface area contributed by atoms with Crippen molar-refractivity contribution >= 4 is 33.1 Å². The molecule has 1 aromatic heterocycles. The zero-order chi connectivity index (χ0) is 17.9. The lowest BCUT2D eigenvalue weighted by Crippen LogP contribution is -2.11. The number of nitriles is 1. The Kier molecular flexibility index (Phi) is 4.18. The summed E-state index contributed by atoms with van der Waals surface area (Å²) >= 11 is 1.62. The molecular weight excluding hydrogens is 342 g/mol. The number of nitrogens with one attached hydrogen (secondary N) is 1. The van der Waals surface area contributed by atoms with Crippen molar-refractivity contribution in [2.75, 3.05) is 5.32 Å². The summed E-state index contributed by atoms with van der Waals surface area (Å²) in [6, 6.07) is 24.2. The summed E-state index contributed by atoms with van der Waals surface area (Å²) in [6.45, 7) is 0. The van der Waals surface area contributed by atoms with Crippen molar-refractivity contribution in [3.8, 4) is 16.6 Å². The smallest absolute Gasteiger partial charge is 0.255 e. The number of carbonyl (C=O) groups is 1. The molecule has 0 unspecified atom stereocenters. The van der Waals surface area contributed by atoms with Crippen LogP contribution in [0.3, 0.4) is 0 Å². The highest BCUT2D eigenvalue weighted by molar-refractivity contribution is 7.21. The normalized spacial score (nSPS) is 10.4. The number of nitrogens with zero attached hydrogens (tertiary/aromatic N) is 2. The molecule has 0 saturated heterocycles. The number of para-hydroxylation sites is 1. The van der Waals surface area contributed by atoms with E-state index < -0.39 is 0 Å². The van der Waals surface area contributed by atoms with Crippen LogP contribution in [0.15, 0.2) is 72.8 Å². The maximum Gasteiger partial charge on any atom is 0.255 e. The van der Waals surface area contributed by atoms with E-state index in [4.69, 9.17) is 5.26 Å². The summed E-state index contributed by atoms with van der Waals surface area (Å²) in [6.07, 6.45) is 0. The van der Waals surface area contributed by atoms with Gasteiger partial charge in [0.25, 0.3) is 5.91 Å². The molecule has 0 atom stereocenters. The van der Waals surface area contributed by atoms with Crippen molar-refractivity contribution in [2.45, 2.75) is 0 Å². The highest BCUT2D eigenvalue weighted by Crippen LogP contribution is 2.31. The first kappa shape index (κ1) is 16.0. The second kappa shape index (κ2) is 6.79. The first-order chi connectivity index (χ1) is 12.7. The molecule has 0 aliphatic rings. The van der Waals surface area contributed by atoms with E-state index in [2.05, 4.69) is 10.3 Å². The molecule has 4 rings (SSSR count). The molecule has 5 heteroatoms. The Labute approximate surface area is 154 Å². The van der Waals surface area contributed by atoms with Crippen LogP contribution in [0.2, 0.25) is 0 Å². The minimum Gasteiger partial charge on any atom is -0.322 e. The van der Waals surface area contributed by atoms with Crippen LogP contribution in [0.25, 0.3) is 20.8 Å². The number of thiazole rings is 1. The Morgan fingerprint density at radius 2 is 1.81 bits per heavy atom. The fraction of sp³-hybridized carbons (Fsp3) is 0. The number of rotatable bonds is 3. The number of carbonyl (C=O) groups excluding carboxylic acids is 1. The summed E-state index contributed by atoms with van der Waals surface area (Å²) in [7, 11) is 0. The number of aromatic nitrogens is 1. The van der Waals surface area contributed by atoms with Gasteiger partial charge in [0.05, 0.1) is 21.8 Å². The second-order valence-electron chi connectivity index (χ2n) is 5.71. The largest absolute Gasteiger partial charge is 0.322 e. The van der Waals surface area contributed by atoms with Gasteiger partial charge in [-0.15, -0.1) is 11.3 Å². The van der Waals surface area contributed by atoms with Gasteiger partial charge in [0.1, 0.15) is 5.01 Å². The maximum absolute atomic E-state index is 12.4. The van der Waals surface area contributed by atoms with Crippen LogP contribution in [0.4, 0.5) is 5.69 Å². The molecule has 4 nitrogen and oxygen atoms in total. The van der Waals surface area contributed by atoms with Gasteiger partial charge in [0, 0.05) is 16.8 Å². The van der Waals surface area contributed by atoms with Crippen LogP contribution in [0.1, 0.15) is 15.9 Å². The third-order valence-corrected chi connectivity index (χ3v) is 5.02. The van der Waals surface area contributed by atoms with Gasteiger partial charge >= 0.3 is 0 Å². The predicted molar refractivity (Wildman–Crippen MR) is 104 cm³/mol. The van der Waals surface area contributed by atoms with Crippen molar-refractivity contribution in [3.05, 3.63) is 83.9 Å². The van der Waals surface area contributed by atoms with Crippen molar-refractivity contribution in [1.29, 1.82) is 5.26 Å². The maximum atomic E-state index is 12.4. The molecule has 124 valence electrons. The zero-order valence-electron chi connectivity index (χ0n) is 13.6. The van der Waals surface area contributed by atoms with Crippen molar-refractivity contribution in [1.82, 2.24) is 4.98 Å². The first-order valence-electron chi connectivity index (χ1n) is 8.00. The molecule has 4 aromatic rings. The Balaban J connectivity index is 1.59. The van der Waals surface area contributed by atoms with Gasteiger partial charge in [-0.05, 0) is 48.5 Å². The van der Waals surface area contributed by atoms with Crippen LogP contribution in [0, 0.1) is 11.3 Å². The van der Waals surface area contributed by atoms with E-state index in [1.54, 1.807) is 35.6 Å². The lowest BCUT2D eigenvalue weighted by atomic mass is 10.1. The molecule has 0 aliphatic carbocycles. The third kappa shape index (κ3) is 3.18. The van der Waals surface area contributed by atoms with Gasteiger partial charge in [-0.3, -0.25) is 4.79 Å². The Morgan fingerprint density at radius 3 is 2.58 bits per heavy atom. The second-order valence-corrected chi connectivity index (χ2v) is 6.74. The minimum absolute atomic E-state index is 0.212. The van der Waals surface area contributed by atoms with Gasteiger partial charge in [0.2, 0.25) is 0 Å². The van der Waals surface area contributed by atoms with Crippen LogP contribution in [0.5, 0.6) is 0 Å². The topological polar surface area (TPSA) is 65.8 Å². The van der Waals surface area contributed by atoms with Gasteiger partial charge in [0.15, 0.2) is 0 Å². The SMILES string of the molecule is N#Cc1ccc(C(=O)Nc2cccc(-c3nc4ccccc4s3)c2)cc1. The number of amides is 1. The Morgan fingerprint density at radius 1 is 1.00 bits per heavy atom. The average molecular weight is 355 g/mol. The molecule has 3 aromatic carbocycles. The van der Waals surface area contributed by atoms with Crippen LogP contribution < -0.4 is 5.32 Å². The molecule has 0 fully saturated rings. The predicted octanol–water partition coefficient (Wildman–Crippen LogP) is 5.09. The van der Waals surface area contributed by atoms with Crippen molar-refractivity contribution in [3.63, 3.8) is 0 Å². The van der Waals surface area contributed by atoms with Crippen LogP contribution >= 0.6 is 11.3 Å². The van der Waals surface area contributed by atoms with Gasteiger partial charge < -0.3 is 5.32 Å². The van der Waals surface area contributed by atoms with E-state index in [1.165, 1.54) is 0 Å². The van der Waals surface area contributed by atoms with Crippen molar-refractivity contribution in [2.24, 2.45) is 0 Å². The summed E-state index contributed by atoms with van der Waals surface area (Å²) in [5.41, 5.74) is 3.67. The van der Waals surface area contributed by atoms with E-state index in [-0.39, 0.29) is 5.91 Å². The zero-order valence-corrected chi connectivity index (χ0v) is 14.5. The van der Waals surface area contributed by atoms with Gasteiger partial charge in [-0.1, -0.05) is 24.3 Å². The van der Waals surface area contributed by atoms with Crippen LogP contribution in [-0.2, 0) is 0 Å². The molecule has 1 N–H and O–H groups in total. The number of benzene rings is 3. The molecule has 26 heavy (non-hydrogen) atoms. The average Bonchev–Trinajstić information content (AvgIpc) is 3.12. The highest BCUT2D eigenvalue weighted by atomic mass is 32.1. The Hall–Kier alpha value is -3.49. The fourth-order valence-corrected chi connectivity index (χ4v) is 3.59. The molecule has 0 saturated carbocycles. The number of fused-ring (bicyclic) bond motifs is 1.